The highest BCUT2D eigenvalue weighted by Crippen LogP contribution is 2.37. The minimum atomic E-state index is -0.00427. The normalized spacial score (nSPS) is 19.4. The molecule has 8 nitrogen and oxygen atoms in total. The summed E-state index contributed by atoms with van der Waals surface area (Å²) in [6, 6.07) is 4.13. The standard InChI is InChI=1S/C20H28N6O2/c1-14-15(7-18(9-21)25(14)3)10-22-11-16-8-19(27)26(5-6-28-4)20(16)17-12-23-24(2)13-17/h7,12-13,16,20,22H,5-6,8,10-11H2,1-4H3/t16-,20+/m0/s1. The van der Waals surface area contributed by atoms with Crippen LogP contribution >= 0.6 is 0 Å². The zero-order valence-corrected chi connectivity index (χ0v) is 17.0. The van der Waals surface area contributed by atoms with Crippen LogP contribution in [0.2, 0.25) is 0 Å². The predicted octanol–water partition coefficient (Wildman–Crippen LogP) is 1.26. The lowest BCUT2D eigenvalue weighted by atomic mass is 9.95. The van der Waals surface area contributed by atoms with Crippen LogP contribution in [0.3, 0.4) is 0 Å². The molecule has 28 heavy (non-hydrogen) atoms. The van der Waals surface area contributed by atoms with Crippen LogP contribution < -0.4 is 5.32 Å². The van der Waals surface area contributed by atoms with Crippen molar-refractivity contribution in [2.24, 2.45) is 20.0 Å². The summed E-state index contributed by atoms with van der Waals surface area (Å²) in [5, 5.41) is 17.0. The van der Waals surface area contributed by atoms with E-state index in [-0.39, 0.29) is 17.9 Å². The first kappa shape index (κ1) is 20.1. The Balaban J connectivity index is 1.71. The van der Waals surface area contributed by atoms with Gasteiger partial charge in [0.2, 0.25) is 5.91 Å². The quantitative estimate of drug-likeness (QED) is 0.740. The number of likely N-dealkylation sites (tertiary alicyclic amines) is 1. The molecule has 2 atom stereocenters. The number of hydrogen-bond acceptors (Lipinski definition) is 5. The Morgan fingerprint density at radius 2 is 2.21 bits per heavy atom. The van der Waals surface area contributed by atoms with Gasteiger partial charge in [0.15, 0.2) is 0 Å². The van der Waals surface area contributed by atoms with Crippen molar-refractivity contribution in [3.8, 4) is 6.07 Å². The molecule has 0 bridgehead atoms. The Hall–Kier alpha value is -2.63. The summed E-state index contributed by atoms with van der Waals surface area (Å²) >= 11 is 0. The van der Waals surface area contributed by atoms with Crippen LogP contribution in [-0.2, 0) is 30.2 Å². The maximum atomic E-state index is 12.6. The number of nitriles is 1. The molecule has 0 spiro atoms. The maximum absolute atomic E-state index is 12.6. The van der Waals surface area contributed by atoms with Crippen LogP contribution in [0.15, 0.2) is 18.5 Å². The number of rotatable bonds is 8. The Morgan fingerprint density at radius 3 is 2.82 bits per heavy atom. The summed E-state index contributed by atoms with van der Waals surface area (Å²) in [7, 11) is 5.44. The number of carbonyl (C=O) groups excluding carboxylic acids is 1. The fourth-order valence-electron chi connectivity index (χ4n) is 3.99. The molecule has 150 valence electrons. The van der Waals surface area contributed by atoms with Crippen LogP contribution in [-0.4, -0.2) is 52.0 Å². The predicted molar refractivity (Wildman–Crippen MR) is 104 cm³/mol. The number of nitrogens with one attached hydrogen (secondary N) is 1. The lowest BCUT2D eigenvalue weighted by Crippen LogP contribution is -2.33. The van der Waals surface area contributed by atoms with Crippen LogP contribution in [0, 0.1) is 24.2 Å². The monoisotopic (exact) mass is 384 g/mol. The molecular formula is C20H28N6O2. The molecule has 2 aromatic rings. The van der Waals surface area contributed by atoms with E-state index >= 15 is 0 Å². The van der Waals surface area contributed by atoms with E-state index in [1.165, 1.54) is 0 Å². The molecule has 1 fully saturated rings. The first-order valence-corrected chi connectivity index (χ1v) is 9.49. The molecule has 1 amide bonds. The highest BCUT2D eigenvalue weighted by atomic mass is 16.5. The average molecular weight is 384 g/mol. The number of hydrogen-bond donors (Lipinski definition) is 1. The fraction of sp³-hybridized carbons (Fsp3) is 0.550. The van der Waals surface area contributed by atoms with Gasteiger partial charge in [0.25, 0.3) is 0 Å². The number of ether oxygens (including phenoxy) is 1. The molecule has 0 unspecified atom stereocenters. The number of amides is 1. The average Bonchev–Trinajstić information content (AvgIpc) is 3.31. The molecule has 1 aliphatic heterocycles. The van der Waals surface area contributed by atoms with Gasteiger partial charge in [-0.05, 0) is 18.6 Å². The highest BCUT2D eigenvalue weighted by Gasteiger charge is 2.40. The minimum Gasteiger partial charge on any atom is -0.383 e. The van der Waals surface area contributed by atoms with Crippen molar-refractivity contribution in [3.05, 3.63) is 41.0 Å². The van der Waals surface area contributed by atoms with E-state index in [0.29, 0.717) is 38.4 Å². The third-order valence-electron chi connectivity index (χ3n) is 5.62. The molecule has 1 N–H and O–H groups in total. The van der Waals surface area contributed by atoms with Crippen LogP contribution in [0.25, 0.3) is 0 Å². The number of methoxy groups -OCH3 is 1. The molecule has 1 aliphatic rings. The lowest BCUT2D eigenvalue weighted by Gasteiger charge is -2.27. The third-order valence-corrected chi connectivity index (χ3v) is 5.62. The largest absolute Gasteiger partial charge is 0.383 e. The summed E-state index contributed by atoms with van der Waals surface area (Å²) in [6.45, 7) is 4.49. The van der Waals surface area contributed by atoms with Gasteiger partial charge in [0, 0.05) is 70.6 Å². The van der Waals surface area contributed by atoms with Crippen molar-refractivity contribution < 1.29 is 9.53 Å². The Kier molecular flexibility index (Phi) is 6.17. The summed E-state index contributed by atoms with van der Waals surface area (Å²) < 4.78 is 8.87. The van der Waals surface area contributed by atoms with Gasteiger partial charge in [-0.15, -0.1) is 0 Å². The van der Waals surface area contributed by atoms with Crippen LogP contribution in [0.4, 0.5) is 0 Å². The van der Waals surface area contributed by atoms with Gasteiger partial charge in [-0.2, -0.15) is 10.4 Å². The molecule has 0 aliphatic carbocycles. The molecular weight excluding hydrogens is 356 g/mol. The van der Waals surface area contributed by atoms with Crippen molar-refractivity contribution >= 4 is 5.91 Å². The van der Waals surface area contributed by atoms with Crippen molar-refractivity contribution in [2.45, 2.75) is 25.9 Å². The van der Waals surface area contributed by atoms with Crippen LogP contribution in [0.5, 0.6) is 0 Å². The van der Waals surface area contributed by atoms with Crippen molar-refractivity contribution in [1.82, 2.24) is 24.6 Å². The SMILES string of the molecule is COCCN1C(=O)C[C@@H](CNCc2cc(C#N)n(C)c2C)[C@@H]1c1cnn(C)c1. The van der Waals surface area contributed by atoms with E-state index in [4.69, 9.17) is 4.74 Å². The van der Waals surface area contributed by atoms with E-state index in [9.17, 15) is 10.1 Å². The maximum Gasteiger partial charge on any atom is 0.223 e. The summed E-state index contributed by atoms with van der Waals surface area (Å²) in [4.78, 5) is 14.5. The van der Waals surface area contributed by atoms with Crippen LogP contribution in [0.1, 0.15) is 35.0 Å². The van der Waals surface area contributed by atoms with Crippen molar-refractivity contribution in [3.63, 3.8) is 0 Å². The van der Waals surface area contributed by atoms with Gasteiger partial charge in [0.05, 0.1) is 18.8 Å². The number of aryl methyl sites for hydroxylation is 1. The van der Waals surface area contributed by atoms with Gasteiger partial charge in [-0.3, -0.25) is 9.48 Å². The zero-order chi connectivity index (χ0) is 20.3. The minimum absolute atomic E-state index is 0.00427. The van der Waals surface area contributed by atoms with Crippen molar-refractivity contribution in [2.75, 3.05) is 26.8 Å². The first-order valence-electron chi connectivity index (χ1n) is 9.49. The van der Waals surface area contributed by atoms with E-state index in [1.807, 2.05) is 48.9 Å². The smallest absolute Gasteiger partial charge is 0.223 e. The third kappa shape index (κ3) is 3.96. The number of nitrogens with zero attached hydrogens (tertiary/aromatic N) is 5. The van der Waals surface area contributed by atoms with Gasteiger partial charge in [-0.25, -0.2) is 0 Å². The Morgan fingerprint density at radius 1 is 1.43 bits per heavy atom. The van der Waals surface area contributed by atoms with Gasteiger partial charge in [0.1, 0.15) is 11.8 Å². The lowest BCUT2D eigenvalue weighted by molar-refractivity contribution is -0.129. The second-order valence-electron chi connectivity index (χ2n) is 7.38. The van der Waals surface area contributed by atoms with Gasteiger partial charge < -0.3 is 19.5 Å². The first-order chi connectivity index (χ1) is 13.5. The molecule has 0 aromatic carbocycles. The van der Waals surface area contributed by atoms with E-state index in [2.05, 4.69) is 16.5 Å². The fourth-order valence-corrected chi connectivity index (χ4v) is 3.99. The van der Waals surface area contributed by atoms with E-state index in [0.717, 1.165) is 16.8 Å². The van der Waals surface area contributed by atoms with Crippen molar-refractivity contribution in [1.29, 1.82) is 5.26 Å². The molecule has 0 radical (unpaired) electrons. The molecule has 1 saturated heterocycles. The molecule has 2 aromatic heterocycles. The molecule has 3 heterocycles. The van der Waals surface area contributed by atoms with Gasteiger partial charge >= 0.3 is 0 Å². The number of carbonyl (C=O) groups is 1. The second kappa shape index (κ2) is 8.59. The Bertz CT molecular complexity index is 878. The molecule has 0 saturated carbocycles. The highest BCUT2D eigenvalue weighted by molar-refractivity contribution is 5.79. The van der Waals surface area contributed by atoms with E-state index < -0.39 is 0 Å². The topological polar surface area (TPSA) is 88.1 Å². The van der Waals surface area contributed by atoms with Gasteiger partial charge in [-0.1, -0.05) is 0 Å². The summed E-state index contributed by atoms with van der Waals surface area (Å²) in [5.74, 6) is 0.313. The zero-order valence-electron chi connectivity index (χ0n) is 17.0. The number of aromatic nitrogens is 3. The molecule has 3 rings (SSSR count). The van der Waals surface area contributed by atoms with E-state index in [1.54, 1.807) is 11.8 Å². The summed E-state index contributed by atoms with van der Waals surface area (Å²) in [5.41, 5.74) is 3.90. The second-order valence-corrected chi connectivity index (χ2v) is 7.38. The Labute approximate surface area is 165 Å². The summed E-state index contributed by atoms with van der Waals surface area (Å²) in [6.07, 6.45) is 4.33. The molecule has 8 heteroatoms.